The minimum atomic E-state index is -3.84. The van der Waals surface area contributed by atoms with E-state index in [1.54, 1.807) is 6.92 Å². The predicted octanol–water partition coefficient (Wildman–Crippen LogP) is -0.140. The fourth-order valence-corrected chi connectivity index (χ4v) is 2.77. The van der Waals surface area contributed by atoms with E-state index in [0.717, 1.165) is 12.8 Å². The summed E-state index contributed by atoms with van der Waals surface area (Å²) >= 11 is 0. The number of sulfonamides is 1. The molecule has 1 saturated carbocycles. The molecule has 1 aliphatic rings. The Labute approximate surface area is 98.3 Å². The monoisotopic (exact) mass is 259 g/mol. The summed E-state index contributed by atoms with van der Waals surface area (Å²) in [7, 11) is -3.84. The molecule has 1 unspecified atom stereocenters. The fraction of sp³-hybridized carbons (Fsp3) is 0.556. The van der Waals surface area contributed by atoms with E-state index < -0.39 is 22.0 Å². The van der Waals surface area contributed by atoms with Crippen molar-refractivity contribution in [2.45, 2.75) is 30.8 Å². The number of hydrogen-bond donors (Lipinski definition) is 3. The molecule has 94 valence electrons. The lowest BCUT2D eigenvalue weighted by Gasteiger charge is -2.12. The Kier molecular flexibility index (Phi) is 2.92. The van der Waals surface area contributed by atoms with Crippen molar-refractivity contribution < 1.29 is 18.3 Å². The second-order valence-electron chi connectivity index (χ2n) is 4.11. The summed E-state index contributed by atoms with van der Waals surface area (Å²) in [6.45, 7) is 1.62. The van der Waals surface area contributed by atoms with Crippen molar-refractivity contribution in [2.24, 2.45) is 5.92 Å². The van der Waals surface area contributed by atoms with Gasteiger partial charge in [0, 0.05) is 0 Å². The first-order valence-corrected chi connectivity index (χ1v) is 6.65. The van der Waals surface area contributed by atoms with E-state index in [9.17, 15) is 13.2 Å². The molecule has 0 radical (unpaired) electrons. The van der Waals surface area contributed by atoms with Gasteiger partial charge >= 0.3 is 5.97 Å². The van der Waals surface area contributed by atoms with Gasteiger partial charge < -0.3 is 10.1 Å². The van der Waals surface area contributed by atoms with Gasteiger partial charge in [0.05, 0.1) is 6.20 Å². The Morgan fingerprint density at radius 2 is 2.29 bits per heavy atom. The highest BCUT2D eigenvalue weighted by molar-refractivity contribution is 7.89. The first-order chi connectivity index (χ1) is 7.90. The maximum absolute atomic E-state index is 11.8. The summed E-state index contributed by atoms with van der Waals surface area (Å²) in [5.41, 5.74) is 0. The van der Waals surface area contributed by atoms with Gasteiger partial charge in [-0.1, -0.05) is 0 Å². The summed E-state index contributed by atoms with van der Waals surface area (Å²) in [6, 6.07) is -1.05. The number of H-pyrrole nitrogens is 1. The number of rotatable bonds is 5. The summed E-state index contributed by atoms with van der Waals surface area (Å²) < 4.78 is 25.9. The zero-order valence-electron chi connectivity index (χ0n) is 9.17. The standard InChI is InChI=1S/C9H13N3O4S/c1-5-10-4-7(11-5)17(15,16)12-8(9(13)14)6-2-3-6/h4,6,8,12H,2-3H2,1H3,(H,10,11)(H,13,14). The van der Waals surface area contributed by atoms with E-state index in [-0.39, 0.29) is 10.9 Å². The fourth-order valence-electron chi connectivity index (χ4n) is 1.54. The third-order valence-corrected chi connectivity index (χ3v) is 3.96. The molecular formula is C9H13N3O4S. The van der Waals surface area contributed by atoms with E-state index in [1.807, 2.05) is 0 Å². The number of carbonyl (C=O) groups is 1. The topological polar surface area (TPSA) is 112 Å². The molecule has 0 aromatic carbocycles. The number of aryl methyl sites for hydroxylation is 1. The van der Waals surface area contributed by atoms with Crippen LogP contribution in [0.3, 0.4) is 0 Å². The van der Waals surface area contributed by atoms with Crippen molar-refractivity contribution >= 4 is 16.0 Å². The van der Waals surface area contributed by atoms with Crippen LogP contribution in [0.25, 0.3) is 0 Å². The van der Waals surface area contributed by atoms with Crippen LogP contribution in [0.2, 0.25) is 0 Å². The minimum absolute atomic E-state index is 0.105. The molecule has 1 aromatic heterocycles. The summed E-state index contributed by atoms with van der Waals surface area (Å²) in [5.74, 6) is -0.790. The van der Waals surface area contributed by atoms with Gasteiger partial charge in [-0.3, -0.25) is 4.79 Å². The predicted molar refractivity (Wildman–Crippen MR) is 57.8 cm³/mol. The van der Waals surface area contributed by atoms with Gasteiger partial charge in [-0.15, -0.1) is 0 Å². The van der Waals surface area contributed by atoms with Gasteiger partial charge in [0.25, 0.3) is 10.0 Å². The van der Waals surface area contributed by atoms with Gasteiger partial charge in [0.1, 0.15) is 11.9 Å². The molecule has 1 atom stereocenters. The zero-order chi connectivity index (χ0) is 12.6. The third kappa shape index (κ3) is 2.64. The van der Waals surface area contributed by atoms with Crippen molar-refractivity contribution in [3.8, 4) is 0 Å². The largest absolute Gasteiger partial charge is 0.480 e. The molecule has 17 heavy (non-hydrogen) atoms. The second-order valence-corrected chi connectivity index (χ2v) is 5.79. The van der Waals surface area contributed by atoms with Crippen LogP contribution in [0, 0.1) is 12.8 Å². The number of nitrogens with one attached hydrogen (secondary N) is 2. The Hall–Kier alpha value is -1.41. The number of aromatic amines is 1. The number of aromatic nitrogens is 2. The van der Waals surface area contributed by atoms with Gasteiger partial charge in [0.15, 0.2) is 5.03 Å². The van der Waals surface area contributed by atoms with Crippen LogP contribution in [-0.4, -0.2) is 35.5 Å². The van der Waals surface area contributed by atoms with Crippen LogP contribution in [-0.2, 0) is 14.8 Å². The van der Waals surface area contributed by atoms with E-state index in [1.165, 1.54) is 6.20 Å². The molecule has 0 amide bonds. The highest BCUT2D eigenvalue weighted by atomic mass is 32.2. The molecule has 0 saturated heterocycles. The molecule has 8 heteroatoms. The van der Waals surface area contributed by atoms with Crippen molar-refractivity contribution in [3.05, 3.63) is 12.0 Å². The molecule has 1 aliphatic carbocycles. The average Bonchev–Trinajstić information content (AvgIpc) is 2.96. The lowest BCUT2D eigenvalue weighted by molar-refractivity contribution is -0.139. The number of nitrogens with zero attached hydrogens (tertiary/aromatic N) is 1. The van der Waals surface area contributed by atoms with Crippen molar-refractivity contribution in [1.29, 1.82) is 0 Å². The average molecular weight is 259 g/mol. The Morgan fingerprint density at radius 3 is 2.71 bits per heavy atom. The maximum Gasteiger partial charge on any atom is 0.322 e. The second kappa shape index (κ2) is 4.11. The summed E-state index contributed by atoms with van der Waals surface area (Å²) in [6.07, 6.45) is 2.65. The molecule has 0 aliphatic heterocycles. The van der Waals surface area contributed by atoms with E-state index >= 15 is 0 Å². The smallest absolute Gasteiger partial charge is 0.322 e. The molecule has 1 aromatic rings. The van der Waals surface area contributed by atoms with E-state index in [2.05, 4.69) is 14.7 Å². The van der Waals surface area contributed by atoms with E-state index in [4.69, 9.17) is 5.11 Å². The zero-order valence-corrected chi connectivity index (χ0v) is 9.99. The highest BCUT2D eigenvalue weighted by Gasteiger charge is 2.39. The van der Waals surface area contributed by atoms with Gasteiger partial charge in [-0.05, 0) is 25.7 Å². The quantitative estimate of drug-likeness (QED) is 0.681. The SMILES string of the molecule is Cc1ncc(S(=O)(=O)NC(C(=O)O)C2CC2)[nH]1. The summed E-state index contributed by atoms with van der Waals surface area (Å²) in [5, 5.41) is 8.84. The van der Waals surface area contributed by atoms with Crippen LogP contribution >= 0.6 is 0 Å². The number of imidazole rings is 1. The maximum atomic E-state index is 11.8. The van der Waals surface area contributed by atoms with Crippen LogP contribution in [0.15, 0.2) is 11.2 Å². The van der Waals surface area contributed by atoms with E-state index in [0.29, 0.717) is 5.82 Å². The number of carboxylic acids is 1. The summed E-state index contributed by atoms with van der Waals surface area (Å²) in [4.78, 5) is 17.3. The molecule has 7 nitrogen and oxygen atoms in total. The van der Waals surface area contributed by atoms with Crippen LogP contribution < -0.4 is 4.72 Å². The molecule has 3 N–H and O–H groups in total. The van der Waals surface area contributed by atoms with Crippen molar-refractivity contribution in [2.75, 3.05) is 0 Å². The minimum Gasteiger partial charge on any atom is -0.480 e. The van der Waals surface area contributed by atoms with Crippen molar-refractivity contribution in [1.82, 2.24) is 14.7 Å². The highest BCUT2D eigenvalue weighted by Crippen LogP contribution is 2.33. The van der Waals surface area contributed by atoms with Crippen LogP contribution in [0.4, 0.5) is 0 Å². The van der Waals surface area contributed by atoms with Gasteiger partial charge in [-0.25, -0.2) is 13.4 Å². The van der Waals surface area contributed by atoms with Crippen LogP contribution in [0.1, 0.15) is 18.7 Å². The molecular weight excluding hydrogens is 246 g/mol. The number of hydrogen-bond acceptors (Lipinski definition) is 4. The Balaban J connectivity index is 2.18. The first kappa shape index (κ1) is 12.1. The number of carboxylic acid groups (broad SMARTS) is 1. The normalized spacial score (nSPS) is 17.9. The Bertz CT molecular complexity index is 532. The van der Waals surface area contributed by atoms with Gasteiger partial charge in [0.2, 0.25) is 0 Å². The van der Waals surface area contributed by atoms with Crippen LogP contribution in [0.5, 0.6) is 0 Å². The number of aliphatic carboxylic acids is 1. The molecule has 1 fully saturated rings. The van der Waals surface area contributed by atoms with Crippen molar-refractivity contribution in [3.63, 3.8) is 0 Å². The lowest BCUT2D eigenvalue weighted by atomic mass is 10.2. The Morgan fingerprint density at radius 1 is 1.65 bits per heavy atom. The lowest BCUT2D eigenvalue weighted by Crippen LogP contribution is -2.42. The molecule has 2 rings (SSSR count). The third-order valence-electron chi connectivity index (χ3n) is 2.61. The molecule has 0 bridgehead atoms. The van der Waals surface area contributed by atoms with Gasteiger partial charge in [-0.2, -0.15) is 4.72 Å². The first-order valence-electron chi connectivity index (χ1n) is 5.17. The molecule has 1 heterocycles. The molecule has 0 spiro atoms.